The number of likely N-dealkylation sites (N-methyl/N-ethyl adjacent to an activating group) is 1. The van der Waals surface area contributed by atoms with Gasteiger partial charge in [0.05, 0.1) is 39.9 Å². The maximum Gasteiger partial charge on any atom is 0.472 e. The fourth-order valence-corrected chi connectivity index (χ4v) is 7.84. The van der Waals surface area contributed by atoms with Crippen molar-refractivity contribution in [1.82, 2.24) is 5.32 Å². The molecule has 0 aliphatic heterocycles. The van der Waals surface area contributed by atoms with Gasteiger partial charge >= 0.3 is 7.82 Å². The van der Waals surface area contributed by atoms with Gasteiger partial charge in [-0.15, -0.1) is 0 Å². The predicted octanol–water partition coefficient (Wildman–Crippen LogP) is 13.0. The van der Waals surface area contributed by atoms with Crippen molar-refractivity contribution in [3.05, 3.63) is 0 Å². The average molecular weight is 790 g/mol. The molecule has 0 bridgehead atoms. The number of carbonyl (C=O) groups is 1. The first-order chi connectivity index (χ1) is 26.0. The minimum atomic E-state index is -4.31. The molecule has 0 spiro atoms. The summed E-state index contributed by atoms with van der Waals surface area (Å²) in [6, 6.07) is -0.752. The highest BCUT2D eigenvalue weighted by Gasteiger charge is 2.28. The second kappa shape index (κ2) is 38.0. The van der Waals surface area contributed by atoms with Gasteiger partial charge < -0.3 is 19.8 Å². The molecule has 0 heterocycles. The van der Waals surface area contributed by atoms with Crippen LogP contribution in [-0.2, 0) is 18.4 Å². The molecule has 324 valence electrons. The van der Waals surface area contributed by atoms with Crippen LogP contribution in [0, 0.1) is 0 Å². The third-order valence-corrected chi connectivity index (χ3v) is 11.8. The van der Waals surface area contributed by atoms with Gasteiger partial charge in [0, 0.05) is 6.42 Å². The van der Waals surface area contributed by atoms with Gasteiger partial charge in [-0.1, -0.05) is 213 Å². The Kier molecular flexibility index (Phi) is 37.7. The van der Waals surface area contributed by atoms with Crippen LogP contribution in [0.15, 0.2) is 0 Å². The molecule has 0 fully saturated rings. The Bertz CT molecular complexity index is 855. The van der Waals surface area contributed by atoms with E-state index in [1.165, 1.54) is 167 Å². The standard InChI is InChI=1S/C45H93N2O6P/c1-6-8-10-12-14-16-18-20-21-22-23-24-25-27-28-30-32-34-36-38-44(48)43(42-53-54(50,51)52-41-40-47(3,4)5)46-45(49)39-37-35-33-31-29-26-19-17-15-13-11-9-7-2/h43-44,48H,6-42H2,1-5H3,(H-,46,49,50,51)/p+1. The number of rotatable bonds is 43. The third-order valence-electron chi connectivity index (χ3n) is 10.9. The summed E-state index contributed by atoms with van der Waals surface area (Å²) in [5.41, 5.74) is 0. The summed E-state index contributed by atoms with van der Waals surface area (Å²) in [7, 11) is 1.63. The molecular formula is C45H94N2O6P+. The van der Waals surface area contributed by atoms with Crippen LogP contribution in [0.4, 0.5) is 0 Å². The number of nitrogens with zero attached hydrogens (tertiary/aromatic N) is 1. The molecule has 0 rings (SSSR count). The van der Waals surface area contributed by atoms with Crippen molar-refractivity contribution in [1.29, 1.82) is 0 Å². The number of phosphoric ester groups is 1. The highest BCUT2D eigenvalue weighted by molar-refractivity contribution is 7.47. The first kappa shape index (κ1) is 53.5. The van der Waals surface area contributed by atoms with Crippen LogP contribution in [0.3, 0.4) is 0 Å². The van der Waals surface area contributed by atoms with E-state index in [0.29, 0.717) is 23.9 Å². The van der Waals surface area contributed by atoms with Crippen molar-refractivity contribution in [3.8, 4) is 0 Å². The van der Waals surface area contributed by atoms with Crippen LogP contribution in [0.1, 0.15) is 232 Å². The smallest absolute Gasteiger partial charge is 0.391 e. The topological polar surface area (TPSA) is 105 Å². The summed E-state index contributed by atoms with van der Waals surface area (Å²) in [6.45, 7) is 4.91. The van der Waals surface area contributed by atoms with Crippen molar-refractivity contribution in [3.63, 3.8) is 0 Å². The first-order valence-corrected chi connectivity index (χ1v) is 24.9. The van der Waals surface area contributed by atoms with E-state index in [-0.39, 0.29) is 19.1 Å². The van der Waals surface area contributed by atoms with E-state index in [9.17, 15) is 19.4 Å². The fraction of sp³-hybridized carbons (Fsp3) is 0.978. The second-order valence-electron chi connectivity index (χ2n) is 17.5. The highest BCUT2D eigenvalue weighted by atomic mass is 31.2. The maximum absolute atomic E-state index is 12.9. The van der Waals surface area contributed by atoms with Crippen molar-refractivity contribution < 1.29 is 32.9 Å². The van der Waals surface area contributed by atoms with Crippen molar-refractivity contribution >= 4 is 13.7 Å². The monoisotopic (exact) mass is 790 g/mol. The number of phosphoric acid groups is 1. The zero-order chi connectivity index (χ0) is 40.0. The number of amides is 1. The van der Waals surface area contributed by atoms with Crippen LogP contribution in [-0.4, -0.2) is 73.4 Å². The second-order valence-corrected chi connectivity index (χ2v) is 19.0. The van der Waals surface area contributed by atoms with Crippen LogP contribution < -0.4 is 5.32 Å². The molecule has 9 heteroatoms. The Labute approximate surface area is 336 Å². The lowest BCUT2D eigenvalue weighted by atomic mass is 10.0. The molecule has 1 amide bonds. The molecular weight excluding hydrogens is 695 g/mol. The van der Waals surface area contributed by atoms with Gasteiger partial charge in [0.2, 0.25) is 5.91 Å². The zero-order valence-corrected chi connectivity index (χ0v) is 37.6. The Morgan fingerprint density at radius 1 is 0.556 bits per heavy atom. The highest BCUT2D eigenvalue weighted by Crippen LogP contribution is 2.43. The molecule has 0 aliphatic carbocycles. The van der Waals surface area contributed by atoms with Crippen molar-refractivity contribution in [2.45, 2.75) is 244 Å². The summed E-state index contributed by atoms with van der Waals surface area (Å²) >= 11 is 0. The summed E-state index contributed by atoms with van der Waals surface area (Å²) in [4.78, 5) is 23.1. The minimum absolute atomic E-state index is 0.0786. The van der Waals surface area contributed by atoms with Gasteiger partial charge in [0.1, 0.15) is 13.2 Å². The number of hydrogen-bond donors (Lipinski definition) is 3. The molecule has 8 nitrogen and oxygen atoms in total. The van der Waals surface area contributed by atoms with E-state index < -0.39 is 20.0 Å². The number of aliphatic hydroxyl groups is 1. The van der Waals surface area contributed by atoms with Gasteiger partial charge in [-0.25, -0.2) is 4.57 Å². The Hall–Kier alpha value is -0.500. The van der Waals surface area contributed by atoms with Crippen molar-refractivity contribution in [2.24, 2.45) is 0 Å². The molecule has 0 saturated heterocycles. The summed E-state index contributed by atoms with van der Waals surface area (Å²) in [6.07, 6.45) is 41.2. The maximum atomic E-state index is 12.9. The fourth-order valence-electron chi connectivity index (χ4n) is 7.11. The first-order valence-electron chi connectivity index (χ1n) is 23.4. The van der Waals surface area contributed by atoms with Gasteiger partial charge in [-0.3, -0.25) is 13.8 Å². The third kappa shape index (κ3) is 39.7. The van der Waals surface area contributed by atoms with Crippen LogP contribution in [0.25, 0.3) is 0 Å². The van der Waals surface area contributed by atoms with Crippen LogP contribution in [0.5, 0.6) is 0 Å². The van der Waals surface area contributed by atoms with Gasteiger partial charge in [0.15, 0.2) is 0 Å². The molecule has 0 radical (unpaired) electrons. The van der Waals surface area contributed by atoms with Gasteiger partial charge in [-0.2, -0.15) is 0 Å². The van der Waals surface area contributed by atoms with E-state index >= 15 is 0 Å². The van der Waals surface area contributed by atoms with Crippen LogP contribution >= 0.6 is 7.82 Å². The van der Waals surface area contributed by atoms with Crippen molar-refractivity contribution in [2.75, 3.05) is 40.9 Å². The van der Waals surface area contributed by atoms with E-state index in [4.69, 9.17) is 9.05 Å². The number of carbonyl (C=O) groups excluding carboxylic acids is 1. The summed E-state index contributed by atoms with van der Waals surface area (Å²) in [5.74, 6) is -0.141. The lowest BCUT2D eigenvalue weighted by Crippen LogP contribution is -2.46. The number of hydrogen-bond acceptors (Lipinski definition) is 5. The molecule has 0 aromatic rings. The molecule has 3 atom stereocenters. The molecule has 0 aliphatic rings. The molecule has 54 heavy (non-hydrogen) atoms. The number of quaternary nitrogens is 1. The molecule has 0 aromatic carbocycles. The van der Waals surface area contributed by atoms with Crippen LogP contribution in [0.2, 0.25) is 0 Å². The quantitative estimate of drug-likeness (QED) is 0.0323. The average Bonchev–Trinajstić information content (AvgIpc) is 3.12. The van der Waals surface area contributed by atoms with E-state index in [1.807, 2.05) is 21.1 Å². The predicted molar refractivity (Wildman–Crippen MR) is 231 cm³/mol. The molecule has 0 aromatic heterocycles. The van der Waals surface area contributed by atoms with E-state index in [2.05, 4.69) is 19.2 Å². The lowest BCUT2D eigenvalue weighted by molar-refractivity contribution is -0.870. The van der Waals surface area contributed by atoms with Gasteiger partial charge in [-0.05, 0) is 12.8 Å². The summed E-state index contributed by atoms with van der Waals surface area (Å²) in [5, 5.41) is 14.0. The summed E-state index contributed by atoms with van der Waals surface area (Å²) < 4.78 is 23.6. The normalized spacial score (nSPS) is 14.3. The minimum Gasteiger partial charge on any atom is -0.391 e. The zero-order valence-electron chi connectivity index (χ0n) is 36.7. The molecule has 3 unspecified atom stereocenters. The number of unbranched alkanes of at least 4 members (excludes halogenated alkanes) is 30. The van der Waals surface area contributed by atoms with E-state index in [0.717, 1.165) is 38.5 Å². The lowest BCUT2D eigenvalue weighted by Gasteiger charge is -2.26. The van der Waals surface area contributed by atoms with E-state index in [1.54, 1.807) is 0 Å². The SMILES string of the molecule is CCCCCCCCCCCCCCCCCCCCCC(O)C(COP(=O)(O)OCC[N+](C)(C)C)NC(=O)CCCCCCCCCCCCCCC. The number of nitrogens with one attached hydrogen (secondary N) is 1. The Morgan fingerprint density at radius 2 is 0.889 bits per heavy atom. The molecule has 0 saturated carbocycles. The molecule has 3 N–H and O–H groups in total. The Morgan fingerprint density at radius 3 is 1.24 bits per heavy atom. The number of aliphatic hydroxyl groups excluding tert-OH is 1. The van der Waals surface area contributed by atoms with Gasteiger partial charge in [0.25, 0.3) is 0 Å². The Balaban J connectivity index is 4.28. The largest absolute Gasteiger partial charge is 0.472 e.